The van der Waals surface area contributed by atoms with Crippen molar-refractivity contribution in [3.8, 4) is 95.7 Å². The summed E-state index contributed by atoms with van der Waals surface area (Å²) >= 11 is 0. The number of hydrogen-bond donors (Lipinski definition) is 0. The van der Waals surface area contributed by atoms with Gasteiger partial charge in [-0.3, -0.25) is 36.7 Å². The zero-order valence-electron chi connectivity index (χ0n) is 78.9. The van der Waals surface area contributed by atoms with Crippen LogP contribution in [0.2, 0.25) is 0 Å². The molecule has 0 amide bonds. The monoisotopic (exact) mass is 1890 g/mol. The average molecular weight is 1890 g/mol. The molecular weight excluding hydrogens is 1810 g/mol. The van der Waals surface area contributed by atoms with Crippen molar-refractivity contribution < 1.29 is 4.42 Å². The van der Waals surface area contributed by atoms with Gasteiger partial charge in [0.1, 0.15) is 11.2 Å². The molecule has 0 bridgehead atoms. The summed E-state index contributed by atoms with van der Waals surface area (Å²) in [6.07, 6.45) is 0. The van der Waals surface area contributed by atoms with Gasteiger partial charge in [0.2, 0.25) is 17.1 Å². The smallest absolute Gasteiger partial charge is 0.299 e. The van der Waals surface area contributed by atoms with Crippen LogP contribution in [-0.2, 0) is 0 Å². The predicted octanol–water partition coefficient (Wildman–Crippen LogP) is 30.1. The summed E-state index contributed by atoms with van der Waals surface area (Å²) in [4.78, 5) is 75.7. The van der Waals surface area contributed by atoms with Crippen molar-refractivity contribution in [2.24, 2.45) is 0 Å². The highest BCUT2D eigenvalue weighted by Gasteiger charge is 2.26. The minimum Gasteiger partial charge on any atom is -0.456 e. The Labute approximate surface area is 841 Å². The van der Waals surface area contributed by atoms with Crippen LogP contribution in [0.1, 0.15) is 0 Å². The average Bonchev–Trinajstić information content (AvgIpc) is 1.56. The molecule has 0 unspecified atom stereocenters. The van der Waals surface area contributed by atoms with Crippen LogP contribution in [0.5, 0.6) is 0 Å². The highest BCUT2D eigenvalue weighted by Crippen LogP contribution is 2.46. The van der Waals surface area contributed by atoms with Crippen LogP contribution in [0.15, 0.2) is 528 Å². The van der Waals surface area contributed by atoms with Gasteiger partial charge in [0.15, 0.2) is 17.5 Å². The van der Waals surface area contributed by atoms with E-state index >= 15 is 0 Å². The molecule has 694 valence electrons. The van der Waals surface area contributed by atoms with E-state index < -0.39 is 0 Å². The number of furan rings is 1. The Morgan fingerprint density at radius 1 is 0.197 bits per heavy atom. The van der Waals surface area contributed by atoms with E-state index in [9.17, 15) is 14.4 Å². The zero-order valence-corrected chi connectivity index (χ0v) is 78.9. The largest absolute Gasteiger partial charge is 0.456 e. The summed E-state index contributed by atoms with van der Waals surface area (Å²) in [7, 11) is 0. The first-order valence-electron chi connectivity index (χ1n) is 48.7. The van der Waals surface area contributed by atoms with Gasteiger partial charge in [-0.1, -0.05) is 315 Å². The summed E-state index contributed by atoms with van der Waals surface area (Å²) in [5.41, 5.74) is 31.5. The van der Waals surface area contributed by atoms with Crippen molar-refractivity contribution in [3.63, 3.8) is 0 Å². The molecule has 20 aromatic carbocycles. The standard InChI is InChI=1S/C50H32N4O2.C41H26N6O.C38H26N4O/c55-50-49-51-41-17-8-9-18-42(41)54(49)45-32-36(26-31-43(45)53(50)37-14-5-2-6-15-37)35-24-29-39(30-25-35)52(38-27-22-34(23-28-38)33-12-3-1-4-13-33)44-19-11-21-47-48(44)40-16-7-10-20-46(40)56-47;48-40-33-21-7-9-23-35(33)47-36-24-10-8-22-34(36)42-41(47)46(40)32-20-12-18-30(26-32)29-17-11-19-31(25-29)39-44-37(27-13-3-1-4-14-27)43-38(45-39)28-15-5-2-6-16-28;43-38-37-39-33-15-7-8-16-34(33)42(37)36-18-10-9-17-35(36)41(38)32-25-21-28(22-26-32)27-19-23-31(24-20-27)40(29-11-3-1-4-12-29)30-13-5-2-6-14-30/h1-32H;1-26H;1-26H. The van der Waals surface area contributed by atoms with Crippen LogP contribution >= 0.6 is 0 Å². The molecule has 28 rings (SSSR count). The van der Waals surface area contributed by atoms with Gasteiger partial charge in [0, 0.05) is 61.9 Å². The summed E-state index contributed by atoms with van der Waals surface area (Å²) < 4.78 is 17.6. The molecule has 0 saturated heterocycles. The van der Waals surface area contributed by atoms with Crippen LogP contribution in [0, 0.1) is 0 Å². The number of rotatable bonds is 16. The lowest BCUT2D eigenvalue weighted by molar-refractivity contribution is 0.669. The van der Waals surface area contributed by atoms with E-state index in [2.05, 4.69) is 220 Å². The van der Waals surface area contributed by atoms with Gasteiger partial charge >= 0.3 is 0 Å². The number of nitrogens with zero attached hydrogens (tertiary/aromatic N) is 14. The normalized spacial score (nSPS) is 11.5. The molecule has 8 heterocycles. The second kappa shape index (κ2) is 37.0. The van der Waals surface area contributed by atoms with Crippen molar-refractivity contribution in [1.29, 1.82) is 0 Å². The maximum Gasteiger partial charge on any atom is 0.299 e. The highest BCUT2D eigenvalue weighted by atomic mass is 16.3. The van der Waals surface area contributed by atoms with Crippen LogP contribution < -0.4 is 26.5 Å². The fourth-order valence-electron chi connectivity index (χ4n) is 20.4. The molecule has 0 fully saturated rings. The van der Waals surface area contributed by atoms with Gasteiger partial charge < -0.3 is 14.2 Å². The molecule has 28 aromatic rings. The summed E-state index contributed by atoms with van der Waals surface area (Å²) in [5, 5.41) is 2.76. The van der Waals surface area contributed by atoms with Crippen molar-refractivity contribution in [3.05, 3.63) is 541 Å². The minimum absolute atomic E-state index is 0.119. The number of para-hydroxylation sites is 13. The molecule has 0 aliphatic carbocycles. The van der Waals surface area contributed by atoms with Crippen molar-refractivity contribution in [1.82, 2.24) is 56.8 Å². The molecule has 0 radical (unpaired) electrons. The molecule has 0 spiro atoms. The maximum atomic E-state index is 14.1. The minimum atomic E-state index is -0.158. The first kappa shape index (κ1) is 86.9. The van der Waals surface area contributed by atoms with Gasteiger partial charge in [0.25, 0.3) is 16.7 Å². The lowest BCUT2D eigenvalue weighted by atomic mass is 10.0. The Morgan fingerprint density at radius 3 is 1.12 bits per heavy atom. The van der Waals surface area contributed by atoms with Crippen molar-refractivity contribution in [2.45, 2.75) is 0 Å². The Kier molecular flexibility index (Phi) is 21.9. The third kappa shape index (κ3) is 15.8. The molecule has 18 heteroatoms. The number of benzene rings is 20. The van der Waals surface area contributed by atoms with E-state index in [0.717, 1.165) is 189 Å². The number of imidazole rings is 3. The fourth-order valence-corrected chi connectivity index (χ4v) is 20.4. The highest BCUT2D eigenvalue weighted by molar-refractivity contribution is 6.13. The van der Waals surface area contributed by atoms with E-state index in [4.69, 9.17) is 34.3 Å². The first-order valence-corrected chi connectivity index (χ1v) is 48.7. The summed E-state index contributed by atoms with van der Waals surface area (Å²) in [5.74, 6) is 2.37. The quantitative estimate of drug-likeness (QED) is 0.0896. The Morgan fingerprint density at radius 2 is 0.551 bits per heavy atom. The molecule has 0 aliphatic rings. The second-order valence-corrected chi connectivity index (χ2v) is 36.0. The Bertz CT molecular complexity index is 10000. The van der Waals surface area contributed by atoms with E-state index in [0.29, 0.717) is 39.9 Å². The Balaban J connectivity index is 0.000000113. The molecule has 0 aliphatic heterocycles. The Hall–Kier alpha value is -20.4. The zero-order chi connectivity index (χ0) is 97.9. The maximum absolute atomic E-state index is 14.1. The third-order valence-electron chi connectivity index (χ3n) is 27.3. The fraction of sp³-hybridized carbons (Fsp3) is 0. The lowest BCUT2D eigenvalue weighted by Crippen LogP contribution is -2.21. The second-order valence-electron chi connectivity index (χ2n) is 36.0. The van der Waals surface area contributed by atoms with Gasteiger partial charge in [-0.25, -0.2) is 34.5 Å². The summed E-state index contributed by atoms with van der Waals surface area (Å²) in [6, 6.07) is 172. The number of anilines is 6. The van der Waals surface area contributed by atoms with Gasteiger partial charge in [-0.05, 0) is 239 Å². The van der Waals surface area contributed by atoms with Crippen LogP contribution in [-0.4, -0.2) is 56.8 Å². The van der Waals surface area contributed by atoms with E-state index in [1.807, 2.05) is 312 Å². The predicted molar refractivity (Wildman–Crippen MR) is 595 cm³/mol. The van der Waals surface area contributed by atoms with Gasteiger partial charge in [-0.15, -0.1) is 0 Å². The SMILES string of the molecule is O=c1c2ccccc2n2c3ccccc3nc2n1-c1cccc(-c2cccc(-c3nc(-c4ccccc4)nc(-c4ccccc4)n3)c2)c1.O=c1c2nc3ccccc3n2c2cc(-c3ccc(N(c4ccc(-c5ccccc5)cc4)c4cccc5oc6ccccc6c45)cc3)ccc2n1-c1ccccc1.O=c1c2nc3ccccc3n2c2ccccc2n1-c1ccc(-c2ccc(N(c3ccccc3)c3ccccc3)cc2)cc1. The van der Waals surface area contributed by atoms with Crippen LogP contribution in [0.25, 0.3) is 201 Å². The number of fused-ring (bicyclic) bond motifs is 18. The molecule has 0 saturated carbocycles. The van der Waals surface area contributed by atoms with E-state index in [1.54, 1.807) is 13.7 Å². The number of aromatic nitrogens is 12. The number of hydrogen-bond acceptors (Lipinski definition) is 12. The molecule has 147 heavy (non-hydrogen) atoms. The lowest BCUT2D eigenvalue weighted by Gasteiger charge is -2.26. The van der Waals surface area contributed by atoms with Crippen molar-refractivity contribution in [2.75, 3.05) is 9.80 Å². The van der Waals surface area contributed by atoms with Gasteiger partial charge in [0.05, 0.1) is 82.8 Å². The van der Waals surface area contributed by atoms with E-state index in [-0.39, 0.29) is 16.7 Å². The molecule has 18 nitrogen and oxygen atoms in total. The molecule has 0 atom stereocenters. The topological polar surface area (TPSA) is 176 Å². The van der Waals surface area contributed by atoms with Gasteiger partial charge in [-0.2, -0.15) is 0 Å². The third-order valence-corrected chi connectivity index (χ3v) is 27.3. The molecule has 0 N–H and O–H groups in total. The van der Waals surface area contributed by atoms with Crippen molar-refractivity contribution >= 4 is 139 Å². The van der Waals surface area contributed by atoms with Crippen LogP contribution in [0.4, 0.5) is 34.1 Å². The van der Waals surface area contributed by atoms with Crippen LogP contribution in [0.3, 0.4) is 0 Å². The molecular formula is C129H84N14O4. The summed E-state index contributed by atoms with van der Waals surface area (Å²) in [6.45, 7) is 0. The molecule has 8 aromatic heterocycles. The van der Waals surface area contributed by atoms with E-state index in [1.165, 1.54) is 5.56 Å². The first-order chi connectivity index (χ1) is 72.7.